The van der Waals surface area contributed by atoms with E-state index in [9.17, 15) is 9.18 Å². The largest absolute Gasteiger partial charge is 0.484 e. The number of nitrogens with one attached hydrogen (secondary N) is 1. The summed E-state index contributed by atoms with van der Waals surface area (Å²) in [4.78, 5) is 12.3. The smallest absolute Gasteiger partial charge is 0.292 e. The van der Waals surface area contributed by atoms with Crippen LogP contribution >= 0.6 is 11.6 Å². The zero-order chi connectivity index (χ0) is 18.7. The van der Waals surface area contributed by atoms with Gasteiger partial charge >= 0.3 is 0 Å². The van der Waals surface area contributed by atoms with E-state index < -0.39 is 5.82 Å². The van der Waals surface area contributed by atoms with Crippen LogP contribution in [-0.4, -0.2) is 15.7 Å². The van der Waals surface area contributed by atoms with Crippen LogP contribution in [0.4, 0.5) is 10.2 Å². The SMILES string of the molecule is CCn1nc(C)cc1NC(=O)c1ccc(COc2ccc(F)cc2Cl)o1. The van der Waals surface area contributed by atoms with Crippen molar-refractivity contribution < 1.29 is 18.3 Å². The minimum absolute atomic E-state index is 0.0602. The fraction of sp³-hybridized carbons (Fsp3) is 0.222. The van der Waals surface area contributed by atoms with Crippen molar-refractivity contribution in [2.24, 2.45) is 0 Å². The van der Waals surface area contributed by atoms with Crippen LogP contribution < -0.4 is 10.1 Å². The second-order valence-electron chi connectivity index (χ2n) is 5.57. The highest BCUT2D eigenvalue weighted by Crippen LogP contribution is 2.26. The Kier molecular flexibility index (Phi) is 5.27. The summed E-state index contributed by atoms with van der Waals surface area (Å²) in [6, 6.07) is 8.82. The lowest BCUT2D eigenvalue weighted by Gasteiger charge is -2.06. The fourth-order valence-electron chi connectivity index (χ4n) is 2.38. The van der Waals surface area contributed by atoms with Gasteiger partial charge in [-0.05, 0) is 44.2 Å². The molecule has 1 N–H and O–H groups in total. The average molecular weight is 378 g/mol. The molecule has 0 saturated carbocycles. The number of amides is 1. The number of halogens is 2. The molecule has 0 atom stereocenters. The van der Waals surface area contributed by atoms with Crippen LogP contribution in [0.15, 0.2) is 40.8 Å². The van der Waals surface area contributed by atoms with Gasteiger partial charge in [-0.2, -0.15) is 5.10 Å². The van der Waals surface area contributed by atoms with E-state index in [4.69, 9.17) is 20.8 Å². The number of aromatic nitrogens is 2. The van der Waals surface area contributed by atoms with Gasteiger partial charge in [0, 0.05) is 12.6 Å². The molecule has 136 valence electrons. The second kappa shape index (κ2) is 7.61. The van der Waals surface area contributed by atoms with Gasteiger partial charge < -0.3 is 14.5 Å². The molecule has 3 aromatic rings. The minimum atomic E-state index is -0.444. The van der Waals surface area contributed by atoms with Crippen LogP contribution in [0.5, 0.6) is 5.75 Å². The van der Waals surface area contributed by atoms with Crippen molar-refractivity contribution in [2.45, 2.75) is 27.0 Å². The Hall–Kier alpha value is -2.80. The first kappa shape index (κ1) is 18.0. The lowest BCUT2D eigenvalue weighted by Crippen LogP contribution is -2.14. The van der Waals surface area contributed by atoms with Crippen molar-refractivity contribution in [3.05, 3.63) is 64.5 Å². The molecule has 0 aliphatic rings. The highest BCUT2D eigenvalue weighted by molar-refractivity contribution is 6.32. The van der Waals surface area contributed by atoms with Crippen LogP contribution in [0.2, 0.25) is 5.02 Å². The summed E-state index contributed by atoms with van der Waals surface area (Å²) in [5.41, 5.74) is 0.812. The standard InChI is InChI=1S/C18H17ClFN3O3/c1-3-23-17(8-11(2)22-23)21-18(24)16-7-5-13(26-16)10-25-15-6-4-12(20)9-14(15)19/h4-9H,3,10H2,1-2H3,(H,21,24). The minimum Gasteiger partial charge on any atom is -0.484 e. The summed E-state index contributed by atoms with van der Waals surface area (Å²) in [5, 5.41) is 7.20. The first-order valence-electron chi connectivity index (χ1n) is 7.98. The van der Waals surface area contributed by atoms with Crippen LogP contribution in [0.25, 0.3) is 0 Å². The summed E-state index contributed by atoms with van der Waals surface area (Å²) in [7, 11) is 0. The number of aryl methyl sites for hydroxylation is 2. The Labute approximate surface area is 154 Å². The Morgan fingerprint density at radius 1 is 1.35 bits per heavy atom. The number of nitrogens with zero attached hydrogens (tertiary/aromatic N) is 2. The van der Waals surface area contributed by atoms with Crippen LogP contribution in [0.3, 0.4) is 0 Å². The number of carbonyl (C=O) groups is 1. The molecule has 0 fully saturated rings. The third kappa shape index (κ3) is 4.05. The molecule has 0 spiro atoms. The van der Waals surface area contributed by atoms with Crippen LogP contribution in [0, 0.1) is 12.7 Å². The number of carbonyl (C=O) groups excluding carboxylic acids is 1. The van der Waals surface area contributed by atoms with Crippen molar-refractivity contribution in [3.63, 3.8) is 0 Å². The van der Waals surface area contributed by atoms with Gasteiger partial charge in [-0.25, -0.2) is 9.07 Å². The Morgan fingerprint density at radius 2 is 2.15 bits per heavy atom. The predicted octanol–water partition coefficient (Wildman–Crippen LogP) is 4.43. The zero-order valence-corrected chi connectivity index (χ0v) is 15.0. The number of furan rings is 1. The van der Waals surface area contributed by atoms with E-state index in [2.05, 4.69) is 10.4 Å². The van der Waals surface area contributed by atoms with Gasteiger partial charge in [-0.1, -0.05) is 11.6 Å². The highest BCUT2D eigenvalue weighted by atomic mass is 35.5. The summed E-state index contributed by atoms with van der Waals surface area (Å²) in [6.07, 6.45) is 0. The molecule has 1 amide bonds. The van der Waals surface area contributed by atoms with E-state index in [0.717, 1.165) is 11.8 Å². The molecule has 0 aliphatic carbocycles. The first-order valence-corrected chi connectivity index (χ1v) is 8.36. The topological polar surface area (TPSA) is 69.3 Å². The van der Waals surface area contributed by atoms with Gasteiger partial charge in [0.15, 0.2) is 5.76 Å². The molecular formula is C18H17ClFN3O3. The van der Waals surface area contributed by atoms with Crippen molar-refractivity contribution >= 4 is 23.3 Å². The predicted molar refractivity (Wildman–Crippen MR) is 95.0 cm³/mol. The molecule has 1 aromatic carbocycles. The molecule has 2 aromatic heterocycles. The van der Waals surface area contributed by atoms with E-state index in [1.807, 2.05) is 13.8 Å². The molecule has 26 heavy (non-hydrogen) atoms. The van der Waals surface area contributed by atoms with Crippen molar-refractivity contribution in [3.8, 4) is 5.75 Å². The van der Waals surface area contributed by atoms with Gasteiger partial charge in [0.2, 0.25) is 0 Å². The van der Waals surface area contributed by atoms with Crippen LogP contribution in [0.1, 0.15) is 28.9 Å². The number of anilines is 1. The van der Waals surface area contributed by atoms with Gasteiger partial charge in [0.05, 0.1) is 10.7 Å². The van der Waals surface area contributed by atoms with Gasteiger partial charge in [0.25, 0.3) is 5.91 Å². The van der Waals surface area contributed by atoms with E-state index in [1.54, 1.807) is 22.9 Å². The van der Waals surface area contributed by atoms with Gasteiger partial charge in [0.1, 0.15) is 29.8 Å². The first-order chi connectivity index (χ1) is 12.5. The summed E-state index contributed by atoms with van der Waals surface area (Å²) < 4.78 is 25.7. The maximum atomic E-state index is 13.0. The molecule has 2 heterocycles. The average Bonchev–Trinajstić information content (AvgIpc) is 3.20. The maximum Gasteiger partial charge on any atom is 0.292 e. The molecule has 0 saturated heterocycles. The zero-order valence-electron chi connectivity index (χ0n) is 14.3. The Morgan fingerprint density at radius 3 is 2.88 bits per heavy atom. The Bertz CT molecular complexity index is 936. The van der Waals surface area contributed by atoms with E-state index in [-0.39, 0.29) is 23.3 Å². The summed E-state index contributed by atoms with van der Waals surface area (Å²) >= 11 is 5.90. The Balaban J connectivity index is 1.64. The monoisotopic (exact) mass is 377 g/mol. The summed E-state index contributed by atoms with van der Waals surface area (Å²) in [5.74, 6) is 0.692. The summed E-state index contributed by atoms with van der Waals surface area (Å²) in [6.45, 7) is 4.49. The number of hydrogen-bond donors (Lipinski definition) is 1. The van der Waals surface area contributed by atoms with E-state index in [0.29, 0.717) is 23.9 Å². The van der Waals surface area contributed by atoms with Crippen molar-refractivity contribution in [2.75, 3.05) is 5.32 Å². The quantitative estimate of drug-likeness (QED) is 0.690. The number of benzene rings is 1. The molecule has 0 unspecified atom stereocenters. The molecule has 0 radical (unpaired) electrons. The molecule has 8 heteroatoms. The third-order valence-electron chi connectivity index (χ3n) is 3.59. The molecule has 3 rings (SSSR count). The lowest BCUT2D eigenvalue weighted by atomic mass is 10.3. The number of hydrogen-bond acceptors (Lipinski definition) is 4. The maximum absolute atomic E-state index is 13.0. The second-order valence-corrected chi connectivity index (χ2v) is 5.98. The number of rotatable bonds is 6. The van der Waals surface area contributed by atoms with Gasteiger partial charge in [-0.3, -0.25) is 4.79 Å². The van der Waals surface area contributed by atoms with Crippen LogP contribution in [-0.2, 0) is 13.2 Å². The van der Waals surface area contributed by atoms with Crippen molar-refractivity contribution in [1.82, 2.24) is 9.78 Å². The van der Waals surface area contributed by atoms with E-state index in [1.165, 1.54) is 12.1 Å². The normalized spacial score (nSPS) is 10.8. The van der Waals surface area contributed by atoms with Gasteiger partial charge in [-0.15, -0.1) is 0 Å². The molecule has 0 aliphatic heterocycles. The molecule has 0 bridgehead atoms. The highest BCUT2D eigenvalue weighted by Gasteiger charge is 2.15. The number of ether oxygens (including phenoxy) is 1. The fourth-order valence-corrected chi connectivity index (χ4v) is 2.61. The van der Waals surface area contributed by atoms with E-state index >= 15 is 0 Å². The molecule has 6 nitrogen and oxygen atoms in total. The molecular weight excluding hydrogens is 361 g/mol. The van der Waals surface area contributed by atoms with Crippen molar-refractivity contribution in [1.29, 1.82) is 0 Å². The third-order valence-corrected chi connectivity index (χ3v) is 3.89. The lowest BCUT2D eigenvalue weighted by molar-refractivity contribution is 0.0991.